The first kappa shape index (κ1) is 13.4. The van der Waals surface area contributed by atoms with Gasteiger partial charge in [-0.25, -0.2) is 13.6 Å². The van der Waals surface area contributed by atoms with Crippen LogP contribution >= 0.6 is 22.6 Å². The zero-order valence-electron chi connectivity index (χ0n) is 8.31. The van der Waals surface area contributed by atoms with E-state index in [1.807, 2.05) is 6.07 Å². The molecule has 0 saturated heterocycles. The highest BCUT2D eigenvalue weighted by Crippen LogP contribution is 2.07. The summed E-state index contributed by atoms with van der Waals surface area (Å²) in [6, 6.07) is 7.00. The van der Waals surface area contributed by atoms with E-state index < -0.39 is 10.0 Å². The van der Waals surface area contributed by atoms with E-state index in [1.165, 1.54) is 0 Å². The van der Waals surface area contributed by atoms with Crippen molar-refractivity contribution in [3.8, 4) is 0 Å². The Labute approximate surface area is 108 Å². The van der Waals surface area contributed by atoms with Crippen LogP contribution in [0.2, 0.25) is 0 Å². The number of carbonyl (C=O) groups is 1. The summed E-state index contributed by atoms with van der Waals surface area (Å²) in [7, 11) is -3.53. The summed E-state index contributed by atoms with van der Waals surface area (Å²) in [6.45, 7) is 0.0170. The fourth-order valence-electron chi connectivity index (χ4n) is 1.04. The summed E-state index contributed by atoms with van der Waals surface area (Å²) in [5.74, 6) is -0.565. The summed E-state index contributed by atoms with van der Waals surface area (Å²) >= 11 is 2.09. The third-order valence-corrected chi connectivity index (χ3v) is 3.20. The Kier molecular flexibility index (Phi) is 4.69. The van der Waals surface area contributed by atoms with E-state index in [2.05, 4.69) is 27.9 Å². The molecule has 0 radical (unpaired) electrons. The third kappa shape index (κ3) is 4.90. The lowest BCUT2D eigenvalue weighted by atomic mass is 10.2. The number of nitrogens with one attached hydrogen (secondary N) is 1. The molecule has 1 aromatic rings. The van der Waals surface area contributed by atoms with Crippen molar-refractivity contribution in [1.82, 2.24) is 5.32 Å². The van der Waals surface area contributed by atoms with E-state index in [4.69, 9.17) is 5.14 Å². The number of nitrogens with two attached hydrogens (primary N) is 1. The molecule has 0 bridgehead atoms. The molecule has 1 amide bonds. The Morgan fingerprint density at radius 2 is 2.12 bits per heavy atom. The minimum atomic E-state index is -3.53. The second-order valence-electron chi connectivity index (χ2n) is 3.13. The van der Waals surface area contributed by atoms with Gasteiger partial charge in [-0.15, -0.1) is 0 Å². The Morgan fingerprint density at radius 3 is 2.69 bits per heavy atom. The van der Waals surface area contributed by atoms with Gasteiger partial charge in [0.25, 0.3) is 5.91 Å². The Hall–Kier alpha value is -0.670. The number of carbonyl (C=O) groups excluding carboxylic acids is 1. The molecule has 7 heteroatoms. The molecule has 5 nitrogen and oxygen atoms in total. The number of hydrogen-bond donors (Lipinski definition) is 2. The van der Waals surface area contributed by atoms with Crippen LogP contribution < -0.4 is 10.5 Å². The van der Waals surface area contributed by atoms with Gasteiger partial charge in [0.05, 0.1) is 5.75 Å². The first-order valence-corrected chi connectivity index (χ1v) is 7.22. The summed E-state index contributed by atoms with van der Waals surface area (Å²) in [6.07, 6.45) is 0. The van der Waals surface area contributed by atoms with Crippen LogP contribution in [0.1, 0.15) is 10.4 Å². The second-order valence-corrected chi connectivity index (χ2v) is 6.11. The maximum Gasteiger partial charge on any atom is 0.251 e. The van der Waals surface area contributed by atoms with Crippen LogP contribution in [0.5, 0.6) is 0 Å². The first-order chi connectivity index (χ1) is 7.38. The molecule has 0 aliphatic rings. The molecule has 0 aliphatic heterocycles. The van der Waals surface area contributed by atoms with Crippen molar-refractivity contribution in [2.75, 3.05) is 12.3 Å². The summed E-state index contributed by atoms with van der Waals surface area (Å²) < 4.78 is 22.2. The first-order valence-electron chi connectivity index (χ1n) is 4.43. The monoisotopic (exact) mass is 354 g/mol. The van der Waals surface area contributed by atoms with Crippen LogP contribution in [-0.4, -0.2) is 26.6 Å². The fraction of sp³-hybridized carbons (Fsp3) is 0.222. The SMILES string of the molecule is NS(=O)(=O)CCNC(=O)c1cccc(I)c1. The molecule has 1 rings (SSSR count). The summed E-state index contributed by atoms with van der Waals surface area (Å²) in [5.41, 5.74) is 0.501. The van der Waals surface area contributed by atoms with Gasteiger partial charge in [0.15, 0.2) is 0 Å². The van der Waals surface area contributed by atoms with Crippen LogP contribution in [0.15, 0.2) is 24.3 Å². The highest BCUT2D eigenvalue weighted by atomic mass is 127. The van der Waals surface area contributed by atoms with Gasteiger partial charge in [-0.3, -0.25) is 4.79 Å². The number of amides is 1. The van der Waals surface area contributed by atoms with Crippen molar-refractivity contribution in [2.24, 2.45) is 5.14 Å². The molecule has 0 spiro atoms. The zero-order chi connectivity index (χ0) is 12.2. The van der Waals surface area contributed by atoms with Crippen molar-refractivity contribution in [2.45, 2.75) is 0 Å². The summed E-state index contributed by atoms with van der Waals surface area (Å²) in [4.78, 5) is 11.5. The van der Waals surface area contributed by atoms with E-state index >= 15 is 0 Å². The smallest absolute Gasteiger partial charge is 0.251 e. The topological polar surface area (TPSA) is 89.3 Å². The van der Waals surface area contributed by atoms with E-state index in [9.17, 15) is 13.2 Å². The molecule has 0 aromatic heterocycles. The highest BCUT2D eigenvalue weighted by Gasteiger charge is 2.07. The van der Waals surface area contributed by atoms with Crippen molar-refractivity contribution >= 4 is 38.5 Å². The molecule has 3 N–H and O–H groups in total. The van der Waals surface area contributed by atoms with E-state index in [1.54, 1.807) is 18.2 Å². The molecule has 88 valence electrons. The maximum absolute atomic E-state index is 11.5. The van der Waals surface area contributed by atoms with Gasteiger partial charge in [0, 0.05) is 15.7 Å². The van der Waals surface area contributed by atoms with Gasteiger partial charge < -0.3 is 5.32 Å². The average Bonchev–Trinajstić information content (AvgIpc) is 2.15. The quantitative estimate of drug-likeness (QED) is 0.763. The minimum absolute atomic E-state index is 0.0170. The van der Waals surface area contributed by atoms with E-state index in [-0.39, 0.29) is 18.2 Å². The number of halogens is 1. The van der Waals surface area contributed by atoms with Crippen LogP contribution in [0.4, 0.5) is 0 Å². The second kappa shape index (κ2) is 5.60. The maximum atomic E-state index is 11.5. The highest BCUT2D eigenvalue weighted by molar-refractivity contribution is 14.1. The van der Waals surface area contributed by atoms with E-state index in [0.717, 1.165) is 3.57 Å². The van der Waals surface area contributed by atoms with Crippen molar-refractivity contribution in [3.63, 3.8) is 0 Å². The van der Waals surface area contributed by atoms with Gasteiger partial charge in [0.1, 0.15) is 0 Å². The van der Waals surface area contributed by atoms with Crippen molar-refractivity contribution in [3.05, 3.63) is 33.4 Å². The lowest BCUT2D eigenvalue weighted by molar-refractivity contribution is 0.0956. The Bertz CT molecular complexity index is 487. The molecule has 0 unspecified atom stereocenters. The van der Waals surface area contributed by atoms with Gasteiger partial charge in [-0.2, -0.15) is 0 Å². The predicted octanol–water partition coefficient (Wildman–Crippen LogP) is 0.310. The third-order valence-electron chi connectivity index (χ3n) is 1.76. The zero-order valence-corrected chi connectivity index (χ0v) is 11.3. The molecule has 16 heavy (non-hydrogen) atoms. The molecule has 0 heterocycles. The normalized spacial score (nSPS) is 11.1. The van der Waals surface area contributed by atoms with Crippen LogP contribution in [0.3, 0.4) is 0 Å². The number of sulfonamides is 1. The van der Waals surface area contributed by atoms with Gasteiger partial charge in [-0.05, 0) is 40.8 Å². The molecule has 1 aromatic carbocycles. The average molecular weight is 354 g/mol. The lowest BCUT2D eigenvalue weighted by Crippen LogP contribution is -2.31. The molecule has 0 aliphatic carbocycles. The number of hydrogen-bond acceptors (Lipinski definition) is 3. The fourth-order valence-corrected chi connectivity index (χ4v) is 1.97. The summed E-state index contributed by atoms with van der Waals surface area (Å²) in [5, 5.41) is 7.29. The Morgan fingerprint density at radius 1 is 1.44 bits per heavy atom. The molecule has 0 atom stereocenters. The van der Waals surface area contributed by atoms with Gasteiger partial charge >= 0.3 is 0 Å². The van der Waals surface area contributed by atoms with Gasteiger partial charge in [0.2, 0.25) is 10.0 Å². The van der Waals surface area contributed by atoms with Crippen LogP contribution in [0, 0.1) is 3.57 Å². The number of benzene rings is 1. The standard InChI is InChI=1S/C9H11IN2O3S/c10-8-3-1-2-7(6-8)9(13)12-4-5-16(11,14)15/h1-3,6H,4-5H2,(H,12,13)(H2,11,14,15). The molecular formula is C9H11IN2O3S. The van der Waals surface area contributed by atoms with Crippen LogP contribution in [-0.2, 0) is 10.0 Å². The lowest BCUT2D eigenvalue weighted by Gasteiger charge is -2.04. The molecule has 0 fully saturated rings. The molecular weight excluding hydrogens is 343 g/mol. The van der Waals surface area contributed by atoms with Crippen LogP contribution in [0.25, 0.3) is 0 Å². The molecule has 0 saturated carbocycles. The number of rotatable bonds is 4. The Balaban J connectivity index is 2.54. The number of primary sulfonamides is 1. The minimum Gasteiger partial charge on any atom is -0.351 e. The van der Waals surface area contributed by atoms with Gasteiger partial charge in [-0.1, -0.05) is 6.07 Å². The predicted molar refractivity (Wildman–Crippen MR) is 69.5 cm³/mol. The largest absolute Gasteiger partial charge is 0.351 e. The van der Waals surface area contributed by atoms with Crippen molar-refractivity contribution < 1.29 is 13.2 Å². The van der Waals surface area contributed by atoms with E-state index in [0.29, 0.717) is 5.56 Å². The van der Waals surface area contributed by atoms with Crippen molar-refractivity contribution in [1.29, 1.82) is 0 Å².